The third-order valence-electron chi connectivity index (χ3n) is 12.8. The van der Waals surface area contributed by atoms with Gasteiger partial charge in [0.25, 0.3) is 0 Å². The molecular weight excluding hydrogens is 530 g/mol. The minimum absolute atomic E-state index is 0.0969. The Labute approximate surface area is 254 Å². The van der Waals surface area contributed by atoms with Crippen LogP contribution in [0, 0.1) is 46.3 Å². The van der Waals surface area contributed by atoms with Crippen molar-refractivity contribution in [3.63, 3.8) is 0 Å². The van der Waals surface area contributed by atoms with Gasteiger partial charge in [-0.1, -0.05) is 65.5 Å². The average Bonchev–Trinajstić information content (AvgIpc) is 3.29. The van der Waals surface area contributed by atoms with Crippen molar-refractivity contribution in [1.82, 2.24) is 5.32 Å². The maximum absolute atomic E-state index is 11.9. The fraction of sp³-hybridized carbons (Fsp3) is 0.914. The van der Waals surface area contributed by atoms with Crippen LogP contribution in [0.3, 0.4) is 0 Å². The van der Waals surface area contributed by atoms with Gasteiger partial charge in [0.05, 0.1) is 12.7 Å². The van der Waals surface area contributed by atoms with Crippen molar-refractivity contribution in [3.8, 4) is 0 Å². The van der Waals surface area contributed by atoms with Crippen molar-refractivity contribution in [2.45, 2.75) is 149 Å². The zero-order chi connectivity index (χ0) is 30.4. The van der Waals surface area contributed by atoms with Crippen LogP contribution in [0.1, 0.15) is 112 Å². The molecule has 0 bridgehead atoms. The molecule has 13 atom stereocenters. The van der Waals surface area contributed by atoms with Gasteiger partial charge in [0, 0.05) is 6.92 Å². The molecule has 4 fully saturated rings. The van der Waals surface area contributed by atoms with Gasteiger partial charge in [-0.3, -0.25) is 4.79 Å². The minimum Gasteiger partial charge on any atom is -0.394 e. The molecule has 240 valence electrons. The molecule has 0 unspecified atom stereocenters. The van der Waals surface area contributed by atoms with Crippen LogP contribution in [0.15, 0.2) is 11.6 Å². The Balaban J connectivity index is 1.26. The summed E-state index contributed by atoms with van der Waals surface area (Å²) in [6, 6.07) is -0.891. The normalized spacial score (nSPS) is 45.9. The third kappa shape index (κ3) is 5.99. The highest BCUT2D eigenvalue weighted by Gasteiger charge is 2.59. The second kappa shape index (κ2) is 12.8. The summed E-state index contributed by atoms with van der Waals surface area (Å²) in [6.07, 6.45) is 11.5. The molecule has 1 aliphatic heterocycles. The standard InChI is InChI=1S/C35H59NO6/c1-20(2)8-7-9-21(3)26-12-13-27-25-11-10-23-18-24(14-16-34(23,5)28(25)15-17-35(26,27)6)41-33-30(36-22(4)38)32(40)31(39)29(19-37)42-33/h10,20-21,24-33,37,39-40H,7-9,11-19H2,1-6H3,(H,36,38)/t21-,24-,25+,26+,27-,28+,29-,30-,31-,32-,33-,34+,35-/m1/s1. The molecule has 1 saturated heterocycles. The van der Waals surface area contributed by atoms with E-state index in [9.17, 15) is 20.1 Å². The maximum Gasteiger partial charge on any atom is 0.217 e. The van der Waals surface area contributed by atoms with Gasteiger partial charge in [-0.05, 0) is 97.7 Å². The van der Waals surface area contributed by atoms with E-state index in [0.717, 1.165) is 54.8 Å². The number of hydrogen-bond acceptors (Lipinski definition) is 6. The summed E-state index contributed by atoms with van der Waals surface area (Å²) in [5, 5.41) is 33.5. The summed E-state index contributed by atoms with van der Waals surface area (Å²) in [4.78, 5) is 11.9. The van der Waals surface area contributed by atoms with Crippen LogP contribution in [0.2, 0.25) is 0 Å². The molecule has 0 aromatic carbocycles. The summed E-state index contributed by atoms with van der Waals surface area (Å²) < 4.78 is 12.3. The largest absolute Gasteiger partial charge is 0.394 e. The Morgan fingerprint density at radius 1 is 1.07 bits per heavy atom. The first-order valence-electron chi connectivity index (χ1n) is 17.1. The highest BCUT2D eigenvalue weighted by molar-refractivity contribution is 5.73. The van der Waals surface area contributed by atoms with Gasteiger partial charge >= 0.3 is 0 Å². The van der Waals surface area contributed by atoms with Crippen LogP contribution >= 0.6 is 0 Å². The number of aliphatic hydroxyl groups is 3. The van der Waals surface area contributed by atoms with Crippen LogP contribution in [-0.2, 0) is 14.3 Å². The summed E-state index contributed by atoms with van der Waals surface area (Å²) in [6.45, 7) is 13.3. The lowest BCUT2D eigenvalue weighted by Gasteiger charge is -2.58. The van der Waals surface area contributed by atoms with Gasteiger partial charge < -0.3 is 30.1 Å². The average molecular weight is 590 g/mol. The predicted octanol–water partition coefficient (Wildman–Crippen LogP) is 5.36. The smallest absolute Gasteiger partial charge is 0.217 e. The van der Waals surface area contributed by atoms with Crippen molar-refractivity contribution in [2.75, 3.05) is 6.61 Å². The van der Waals surface area contributed by atoms with Crippen LogP contribution < -0.4 is 5.32 Å². The zero-order valence-electron chi connectivity index (χ0n) is 27.1. The van der Waals surface area contributed by atoms with E-state index < -0.39 is 37.3 Å². The topological polar surface area (TPSA) is 108 Å². The molecule has 0 spiro atoms. The number of allylic oxidation sites excluding steroid dienone is 1. The van der Waals surface area contributed by atoms with Gasteiger partial charge in [-0.15, -0.1) is 0 Å². The molecule has 5 rings (SSSR count). The molecule has 4 aliphatic carbocycles. The highest BCUT2D eigenvalue weighted by atomic mass is 16.7. The lowest BCUT2D eigenvalue weighted by atomic mass is 9.47. The molecule has 0 radical (unpaired) electrons. The van der Waals surface area contributed by atoms with Crippen LogP contribution in [-0.4, -0.2) is 64.6 Å². The lowest BCUT2D eigenvalue weighted by molar-refractivity contribution is -0.284. The minimum atomic E-state index is -1.30. The number of nitrogens with one attached hydrogen (secondary N) is 1. The number of amides is 1. The van der Waals surface area contributed by atoms with Gasteiger partial charge in [-0.25, -0.2) is 0 Å². The van der Waals surface area contributed by atoms with Crippen LogP contribution in [0.25, 0.3) is 0 Å². The summed E-state index contributed by atoms with van der Waals surface area (Å²) in [7, 11) is 0. The first-order chi connectivity index (χ1) is 19.9. The Morgan fingerprint density at radius 2 is 1.83 bits per heavy atom. The monoisotopic (exact) mass is 589 g/mol. The second-order valence-corrected chi connectivity index (χ2v) is 15.7. The Morgan fingerprint density at radius 3 is 2.52 bits per heavy atom. The molecule has 1 amide bonds. The van der Waals surface area contributed by atoms with E-state index in [0.29, 0.717) is 5.41 Å². The first-order valence-corrected chi connectivity index (χ1v) is 17.1. The van der Waals surface area contributed by atoms with E-state index >= 15 is 0 Å². The summed E-state index contributed by atoms with van der Waals surface area (Å²) >= 11 is 0. The summed E-state index contributed by atoms with van der Waals surface area (Å²) in [5.41, 5.74) is 2.18. The van der Waals surface area contributed by atoms with Crippen molar-refractivity contribution in [1.29, 1.82) is 0 Å². The molecule has 0 aromatic heterocycles. The number of rotatable bonds is 9. The van der Waals surface area contributed by atoms with Crippen molar-refractivity contribution < 1.29 is 29.6 Å². The van der Waals surface area contributed by atoms with E-state index in [1.807, 2.05) is 0 Å². The quantitative estimate of drug-likeness (QED) is 0.270. The van der Waals surface area contributed by atoms with Gasteiger partial charge in [-0.2, -0.15) is 0 Å². The molecule has 42 heavy (non-hydrogen) atoms. The second-order valence-electron chi connectivity index (χ2n) is 15.7. The fourth-order valence-electron chi connectivity index (χ4n) is 10.5. The van der Waals surface area contributed by atoms with E-state index in [2.05, 4.69) is 46.0 Å². The first kappa shape index (κ1) is 32.4. The molecule has 7 heteroatoms. The summed E-state index contributed by atoms with van der Waals surface area (Å²) in [5.74, 6) is 4.48. The SMILES string of the molecule is CC(=O)N[C@H]1[C@H](O[C@@H]2CC[C@@]3(C)C(=CC[C@H]4[C@H]5CC[C@@H]([C@H](C)CCCC(C)C)[C@@]5(C)CC[C@@H]43)C2)O[C@H](CO)[C@@H](O)[C@@H]1O. The van der Waals surface area contributed by atoms with Gasteiger partial charge in [0.15, 0.2) is 6.29 Å². The van der Waals surface area contributed by atoms with Crippen LogP contribution in [0.4, 0.5) is 0 Å². The zero-order valence-corrected chi connectivity index (χ0v) is 27.1. The lowest BCUT2D eigenvalue weighted by Crippen LogP contribution is -2.65. The van der Waals surface area contributed by atoms with E-state index in [-0.39, 0.29) is 17.4 Å². The fourth-order valence-corrected chi connectivity index (χ4v) is 10.5. The molecule has 1 heterocycles. The van der Waals surface area contributed by atoms with E-state index in [4.69, 9.17) is 9.47 Å². The molecule has 5 aliphatic rings. The van der Waals surface area contributed by atoms with Crippen molar-refractivity contribution in [3.05, 3.63) is 11.6 Å². The van der Waals surface area contributed by atoms with E-state index in [1.54, 1.807) is 0 Å². The van der Waals surface area contributed by atoms with Gasteiger partial charge in [0.1, 0.15) is 24.4 Å². The Kier molecular flexibility index (Phi) is 9.86. The molecule has 4 N–H and O–H groups in total. The highest BCUT2D eigenvalue weighted by Crippen LogP contribution is 2.67. The number of fused-ring (bicyclic) bond motifs is 5. The van der Waals surface area contributed by atoms with E-state index in [1.165, 1.54) is 63.9 Å². The number of hydrogen-bond donors (Lipinski definition) is 4. The number of ether oxygens (including phenoxy) is 2. The van der Waals surface area contributed by atoms with Crippen molar-refractivity contribution >= 4 is 5.91 Å². The molecule has 3 saturated carbocycles. The molecule has 0 aromatic rings. The van der Waals surface area contributed by atoms with Crippen LogP contribution in [0.5, 0.6) is 0 Å². The third-order valence-corrected chi connectivity index (χ3v) is 12.8. The number of carbonyl (C=O) groups excluding carboxylic acids is 1. The maximum atomic E-state index is 11.9. The molecule has 7 nitrogen and oxygen atoms in total. The predicted molar refractivity (Wildman–Crippen MR) is 163 cm³/mol. The number of carbonyl (C=O) groups is 1. The Bertz CT molecular complexity index is 985. The van der Waals surface area contributed by atoms with Gasteiger partial charge in [0.2, 0.25) is 5.91 Å². The molecular formula is C35H59NO6. The van der Waals surface area contributed by atoms with Crippen molar-refractivity contribution in [2.24, 2.45) is 46.3 Å². The Hall–Kier alpha value is -0.990. The number of aliphatic hydroxyl groups excluding tert-OH is 3.